The summed E-state index contributed by atoms with van der Waals surface area (Å²) in [6, 6.07) is 1.41. The smallest absolute Gasteiger partial charge is 0.0820 e. The molecule has 17 heavy (non-hydrogen) atoms. The molecule has 0 aromatic rings. The molecule has 0 aromatic carbocycles. The molecule has 2 aliphatic heterocycles. The standard InChI is InChI=1S/C13H27N3O/c1-11-8-15-6-4-3-5-12(15)9-16(11)10-13(7-14)17-2/h11-13H,3-10,14H2,1-2H3. The molecular weight excluding hydrogens is 214 g/mol. The fourth-order valence-electron chi connectivity index (χ4n) is 3.17. The first-order valence-corrected chi connectivity index (χ1v) is 6.95. The van der Waals surface area contributed by atoms with Crippen LogP contribution in [0.3, 0.4) is 0 Å². The SMILES string of the molecule is COC(CN)CN1CC2CCCCN2CC1C. The highest BCUT2D eigenvalue weighted by molar-refractivity contribution is 4.89. The molecule has 2 aliphatic rings. The molecule has 0 aromatic heterocycles. The molecule has 0 aliphatic carbocycles. The summed E-state index contributed by atoms with van der Waals surface area (Å²) in [5.41, 5.74) is 5.72. The Hall–Kier alpha value is -0.160. The lowest BCUT2D eigenvalue weighted by Gasteiger charge is -2.48. The van der Waals surface area contributed by atoms with Gasteiger partial charge in [-0.05, 0) is 26.3 Å². The van der Waals surface area contributed by atoms with Crippen molar-refractivity contribution >= 4 is 0 Å². The lowest BCUT2D eigenvalue weighted by molar-refractivity contribution is -0.0146. The molecule has 2 rings (SSSR count). The fourth-order valence-corrected chi connectivity index (χ4v) is 3.17. The second-order valence-electron chi connectivity index (χ2n) is 5.54. The first kappa shape index (κ1) is 13.3. The largest absolute Gasteiger partial charge is 0.379 e. The third-order valence-corrected chi connectivity index (χ3v) is 4.35. The first-order chi connectivity index (χ1) is 8.24. The van der Waals surface area contributed by atoms with Crippen molar-refractivity contribution in [2.24, 2.45) is 5.73 Å². The van der Waals surface area contributed by atoms with Gasteiger partial charge in [-0.3, -0.25) is 9.80 Å². The Morgan fingerprint density at radius 2 is 2.18 bits per heavy atom. The molecule has 3 atom stereocenters. The van der Waals surface area contributed by atoms with Crippen LogP contribution in [0.4, 0.5) is 0 Å². The molecule has 2 N–H and O–H groups in total. The molecule has 2 fully saturated rings. The second kappa shape index (κ2) is 6.14. The maximum atomic E-state index is 5.72. The summed E-state index contributed by atoms with van der Waals surface area (Å²) >= 11 is 0. The number of nitrogens with zero attached hydrogens (tertiary/aromatic N) is 2. The number of methoxy groups -OCH3 is 1. The van der Waals surface area contributed by atoms with Crippen molar-refractivity contribution in [3.8, 4) is 0 Å². The van der Waals surface area contributed by atoms with Gasteiger partial charge in [0, 0.05) is 45.4 Å². The number of piperidine rings is 1. The van der Waals surface area contributed by atoms with Crippen LogP contribution in [0.1, 0.15) is 26.2 Å². The van der Waals surface area contributed by atoms with Gasteiger partial charge in [0.2, 0.25) is 0 Å². The highest BCUT2D eigenvalue weighted by Gasteiger charge is 2.33. The van der Waals surface area contributed by atoms with E-state index in [9.17, 15) is 0 Å². The van der Waals surface area contributed by atoms with E-state index in [1.165, 1.54) is 38.9 Å². The predicted octanol–water partition coefficient (Wildman–Crippen LogP) is 0.519. The Morgan fingerprint density at radius 1 is 1.35 bits per heavy atom. The van der Waals surface area contributed by atoms with Gasteiger partial charge in [-0.25, -0.2) is 0 Å². The van der Waals surface area contributed by atoms with Crippen LogP contribution in [0.5, 0.6) is 0 Å². The van der Waals surface area contributed by atoms with Crippen LogP contribution in [0.15, 0.2) is 0 Å². The average Bonchev–Trinajstić information content (AvgIpc) is 2.36. The van der Waals surface area contributed by atoms with Gasteiger partial charge in [0.25, 0.3) is 0 Å². The number of ether oxygens (including phenoxy) is 1. The Morgan fingerprint density at radius 3 is 2.88 bits per heavy atom. The molecule has 0 bridgehead atoms. The molecule has 0 spiro atoms. The lowest BCUT2D eigenvalue weighted by Crippen LogP contribution is -2.60. The summed E-state index contributed by atoms with van der Waals surface area (Å²) < 4.78 is 5.41. The predicted molar refractivity (Wildman–Crippen MR) is 70.1 cm³/mol. The summed E-state index contributed by atoms with van der Waals surface area (Å²) in [4.78, 5) is 5.24. The molecule has 0 amide bonds. The number of nitrogens with two attached hydrogens (primary N) is 1. The van der Waals surface area contributed by atoms with Crippen LogP contribution in [0.2, 0.25) is 0 Å². The summed E-state index contributed by atoms with van der Waals surface area (Å²) in [6.45, 7) is 7.64. The van der Waals surface area contributed by atoms with Crippen LogP contribution in [-0.2, 0) is 4.74 Å². The molecule has 2 saturated heterocycles. The Kier molecular flexibility index (Phi) is 4.79. The van der Waals surface area contributed by atoms with Gasteiger partial charge < -0.3 is 10.5 Å². The Bertz CT molecular complexity index is 233. The fraction of sp³-hybridized carbons (Fsp3) is 1.00. The maximum absolute atomic E-state index is 5.72. The first-order valence-electron chi connectivity index (χ1n) is 6.95. The van der Waals surface area contributed by atoms with Crippen LogP contribution in [-0.4, -0.2) is 67.8 Å². The number of hydrogen-bond donors (Lipinski definition) is 1. The summed E-state index contributed by atoms with van der Waals surface area (Å²) in [5, 5.41) is 0. The van der Waals surface area contributed by atoms with Gasteiger partial charge >= 0.3 is 0 Å². The van der Waals surface area contributed by atoms with Crippen molar-refractivity contribution in [3.05, 3.63) is 0 Å². The molecule has 0 saturated carbocycles. The van der Waals surface area contributed by atoms with Crippen molar-refractivity contribution in [1.29, 1.82) is 0 Å². The van der Waals surface area contributed by atoms with E-state index in [1.807, 2.05) is 0 Å². The van der Waals surface area contributed by atoms with E-state index in [-0.39, 0.29) is 6.10 Å². The van der Waals surface area contributed by atoms with E-state index >= 15 is 0 Å². The van der Waals surface area contributed by atoms with Crippen molar-refractivity contribution in [3.63, 3.8) is 0 Å². The summed E-state index contributed by atoms with van der Waals surface area (Å²) in [5.74, 6) is 0. The minimum absolute atomic E-state index is 0.188. The highest BCUT2D eigenvalue weighted by atomic mass is 16.5. The molecule has 2 heterocycles. The summed E-state index contributed by atoms with van der Waals surface area (Å²) in [6.07, 6.45) is 4.33. The van der Waals surface area contributed by atoms with E-state index in [1.54, 1.807) is 7.11 Å². The monoisotopic (exact) mass is 241 g/mol. The van der Waals surface area contributed by atoms with Gasteiger partial charge in [0.05, 0.1) is 6.10 Å². The zero-order valence-corrected chi connectivity index (χ0v) is 11.3. The second-order valence-corrected chi connectivity index (χ2v) is 5.54. The van der Waals surface area contributed by atoms with Crippen LogP contribution < -0.4 is 5.73 Å². The molecule has 4 nitrogen and oxygen atoms in total. The van der Waals surface area contributed by atoms with Crippen molar-refractivity contribution in [2.45, 2.75) is 44.4 Å². The zero-order valence-electron chi connectivity index (χ0n) is 11.3. The summed E-state index contributed by atoms with van der Waals surface area (Å²) in [7, 11) is 1.76. The minimum Gasteiger partial charge on any atom is -0.379 e. The molecule has 0 radical (unpaired) electrons. The highest BCUT2D eigenvalue weighted by Crippen LogP contribution is 2.24. The quantitative estimate of drug-likeness (QED) is 0.779. The van der Waals surface area contributed by atoms with Gasteiger partial charge in [-0.1, -0.05) is 6.42 Å². The van der Waals surface area contributed by atoms with Crippen LogP contribution >= 0.6 is 0 Å². The topological polar surface area (TPSA) is 41.7 Å². The number of hydrogen-bond acceptors (Lipinski definition) is 4. The van der Waals surface area contributed by atoms with Crippen molar-refractivity contribution in [1.82, 2.24) is 9.80 Å². The third kappa shape index (κ3) is 3.19. The zero-order chi connectivity index (χ0) is 12.3. The molecule has 100 valence electrons. The number of fused-ring (bicyclic) bond motifs is 1. The number of rotatable bonds is 4. The van der Waals surface area contributed by atoms with E-state index in [0.717, 1.165) is 12.6 Å². The van der Waals surface area contributed by atoms with E-state index in [0.29, 0.717) is 12.6 Å². The van der Waals surface area contributed by atoms with E-state index in [2.05, 4.69) is 16.7 Å². The van der Waals surface area contributed by atoms with E-state index < -0.39 is 0 Å². The average molecular weight is 241 g/mol. The molecular formula is C13H27N3O. The van der Waals surface area contributed by atoms with Crippen molar-refractivity contribution in [2.75, 3.05) is 39.8 Å². The van der Waals surface area contributed by atoms with E-state index in [4.69, 9.17) is 10.5 Å². The normalized spacial score (nSPS) is 33.4. The molecule has 3 unspecified atom stereocenters. The Balaban J connectivity index is 1.90. The van der Waals surface area contributed by atoms with Crippen LogP contribution in [0, 0.1) is 0 Å². The maximum Gasteiger partial charge on any atom is 0.0820 e. The van der Waals surface area contributed by atoms with Gasteiger partial charge in [0.15, 0.2) is 0 Å². The van der Waals surface area contributed by atoms with Crippen LogP contribution in [0.25, 0.3) is 0 Å². The van der Waals surface area contributed by atoms with Gasteiger partial charge in [-0.15, -0.1) is 0 Å². The Labute approximate surface area is 105 Å². The van der Waals surface area contributed by atoms with Gasteiger partial charge in [0.1, 0.15) is 0 Å². The lowest BCUT2D eigenvalue weighted by atomic mass is 9.97. The van der Waals surface area contributed by atoms with Crippen molar-refractivity contribution < 1.29 is 4.74 Å². The minimum atomic E-state index is 0.188. The molecule has 4 heteroatoms. The van der Waals surface area contributed by atoms with Gasteiger partial charge in [-0.2, -0.15) is 0 Å². The number of piperazine rings is 1. The third-order valence-electron chi connectivity index (χ3n) is 4.35.